The van der Waals surface area contributed by atoms with Crippen LogP contribution in [0.3, 0.4) is 0 Å². The van der Waals surface area contributed by atoms with Gasteiger partial charge in [0.1, 0.15) is 0 Å². The van der Waals surface area contributed by atoms with E-state index < -0.39 is 24.5 Å². The molecule has 0 saturated heterocycles. The molecule has 0 saturated carbocycles. The van der Waals surface area contributed by atoms with Gasteiger partial charge in [-0.15, -0.1) is 24.8 Å². The van der Waals surface area contributed by atoms with E-state index in [-0.39, 0.29) is 35.6 Å². The molecule has 0 aromatic heterocycles. The molecule has 0 fully saturated rings. The molecule has 261 valence electrons. The largest absolute Gasteiger partial charge is 0.147 e. The van der Waals surface area contributed by atoms with Crippen LogP contribution in [0.15, 0.2) is 133 Å². The first-order chi connectivity index (χ1) is 23.9. The van der Waals surface area contributed by atoms with Gasteiger partial charge in [0.25, 0.3) is 0 Å². The Labute approximate surface area is 324 Å². The predicted molar refractivity (Wildman–Crippen MR) is 228 cm³/mol. The normalized spacial score (nSPS) is 18.6. The van der Waals surface area contributed by atoms with Crippen LogP contribution in [0.4, 0.5) is 0 Å². The predicted octanol–water partition coefficient (Wildman–Crippen LogP) is 9.59. The first-order valence-electron chi connectivity index (χ1n) is 18.4. The minimum absolute atomic E-state index is 0. The van der Waals surface area contributed by atoms with E-state index in [4.69, 9.17) is 0 Å². The number of rotatable bonds is 8. The zero-order chi connectivity index (χ0) is 34.0. The second-order valence-electron chi connectivity index (χ2n) is 14.2. The number of unbranched alkanes of at least 4 members (excludes halogenated alkanes) is 3. The Morgan fingerprint density at radius 2 is 0.863 bits per heavy atom. The van der Waals surface area contributed by atoms with Crippen molar-refractivity contribution >= 4 is 73.7 Å². The van der Waals surface area contributed by atoms with Gasteiger partial charge in [-0.1, -0.05) is 39.5 Å². The molecule has 0 amide bonds. The molecule has 0 radical (unpaired) electrons. The molecule has 0 bridgehead atoms. The molecule has 2 unspecified atom stereocenters. The average molecular weight is 763 g/mol. The zero-order valence-electron chi connectivity index (χ0n) is 30.7. The van der Waals surface area contributed by atoms with Gasteiger partial charge in [0.2, 0.25) is 0 Å². The summed E-state index contributed by atoms with van der Waals surface area (Å²) in [6, 6.07) is 50.3. The van der Waals surface area contributed by atoms with Crippen LogP contribution in [0, 0.1) is 0 Å². The molecule has 0 N–H and O–H groups in total. The van der Waals surface area contributed by atoms with E-state index in [9.17, 15) is 0 Å². The summed E-state index contributed by atoms with van der Waals surface area (Å²) in [5.74, 6) is 0. The Kier molecular flexibility index (Phi) is 12.8. The smallest absolute Gasteiger partial charge is 0.147 e. The van der Waals surface area contributed by atoms with E-state index in [1.807, 2.05) is 0 Å². The van der Waals surface area contributed by atoms with Crippen molar-refractivity contribution in [1.82, 2.24) is 0 Å². The van der Waals surface area contributed by atoms with Crippen LogP contribution in [0.25, 0.3) is 41.5 Å². The Hall–Kier alpha value is -3.17. The fourth-order valence-corrected chi connectivity index (χ4v) is 22.1. The molecule has 2 aliphatic carbocycles. The third kappa shape index (κ3) is 7.02. The van der Waals surface area contributed by atoms with E-state index in [2.05, 4.69) is 180 Å². The minimum Gasteiger partial charge on any atom is -0.147 e. The first kappa shape index (κ1) is 39.0. The van der Waals surface area contributed by atoms with E-state index in [0.29, 0.717) is 0 Å². The fraction of sp³-hybridized carbons (Fsp3) is 0.234. The second-order valence-corrected chi connectivity index (χ2v) is 24.2. The average Bonchev–Trinajstić information content (AvgIpc) is 3.62. The second kappa shape index (κ2) is 16.7. The molecule has 4 heteroatoms. The van der Waals surface area contributed by atoms with Gasteiger partial charge in [0.15, 0.2) is 0 Å². The van der Waals surface area contributed by atoms with Crippen LogP contribution in [0.2, 0.25) is 6.55 Å². The van der Waals surface area contributed by atoms with Crippen LogP contribution < -0.4 is 20.9 Å². The van der Waals surface area contributed by atoms with E-state index in [1.54, 1.807) is 7.76 Å². The summed E-state index contributed by atoms with van der Waals surface area (Å²) in [4.78, 5) is 0. The van der Waals surface area contributed by atoms with Crippen molar-refractivity contribution < 1.29 is 17.1 Å². The van der Waals surface area contributed by atoms with Crippen molar-refractivity contribution in [3.8, 4) is 0 Å². The van der Waals surface area contributed by atoms with Crippen molar-refractivity contribution in [3.63, 3.8) is 0 Å². The van der Waals surface area contributed by atoms with Gasteiger partial charge >= 0.3 is 263 Å². The zero-order valence-corrected chi connectivity index (χ0v) is 35.3. The van der Waals surface area contributed by atoms with Gasteiger partial charge < -0.3 is 0 Å². The Morgan fingerprint density at radius 1 is 0.490 bits per heavy atom. The number of benzene rings is 6. The van der Waals surface area contributed by atoms with Gasteiger partial charge in [0.05, 0.1) is 0 Å². The summed E-state index contributed by atoms with van der Waals surface area (Å²) in [6.45, 7) is 12.1. The molecular weight excluding hydrogens is 711 g/mol. The number of hydrogen-bond acceptors (Lipinski definition) is 0. The maximum Gasteiger partial charge on any atom is -0.147 e. The summed E-state index contributed by atoms with van der Waals surface area (Å²) in [7, 11) is -0.408. The van der Waals surface area contributed by atoms with Gasteiger partial charge in [-0.25, -0.2) is 0 Å². The van der Waals surface area contributed by atoms with Crippen LogP contribution in [0.1, 0.15) is 64.5 Å². The maximum atomic E-state index is 2.61. The van der Waals surface area contributed by atoms with Crippen molar-refractivity contribution in [3.05, 3.63) is 165 Å². The molecule has 0 nitrogen and oxygen atoms in total. The van der Waals surface area contributed by atoms with Gasteiger partial charge in [-0.3, -0.25) is 0 Å². The molecule has 51 heavy (non-hydrogen) atoms. The van der Waals surface area contributed by atoms with Gasteiger partial charge in [-0.05, 0) is 0 Å². The van der Waals surface area contributed by atoms with Crippen molar-refractivity contribution in [2.45, 2.75) is 70.8 Å². The molecular formula is C47H51Cl2SiTi. The van der Waals surface area contributed by atoms with Crippen LogP contribution in [-0.2, 0) is 28.0 Å². The van der Waals surface area contributed by atoms with E-state index >= 15 is 0 Å². The van der Waals surface area contributed by atoms with E-state index in [1.165, 1.54) is 79.2 Å². The molecule has 0 aliphatic heterocycles. The molecule has 6 aromatic carbocycles. The summed E-state index contributed by atoms with van der Waals surface area (Å²) >= 11 is -2.04. The minimum atomic E-state index is -2.04. The summed E-state index contributed by atoms with van der Waals surface area (Å²) < 4.78 is 3.50. The van der Waals surface area contributed by atoms with Gasteiger partial charge in [-0.2, -0.15) is 0 Å². The van der Waals surface area contributed by atoms with Crippen LogP contribution in [0.5, 0.6) is 0 Å². The Morgan fingerprint density at radius 3 is 1.27 bits per heavy atom. The molecule has 0 heterocycles. The van der Waals surface area contributed by atoms with Crippen molar-refractivity contribution in [2.75, 3.05) is 0 Å². The summed E-state index contributed by atoms with van der Waals surface area (Å²) in [5.41, 5.74) is 2.61. The summed E-state index contributed by atoms with van der Waals surface area (Å²) in [6.07, 6.45) is 10.8. The topological polar surface area (TPSA) is 0 Å². The van der Waals surface area contributed by atoms with Crippen molar-refractivity contribution in [1.29, 1.82) is 0 Å². The molecule has 8 rings (SSSR count). The first-order valence-corrected chi connectivity index (χ1v) is 25.4. The maximum absolute atomic E-state index is 2.61. The van der Waals surface area contributed by atoms with E-state index in [0.717, 1.165) is 0 Å². The molecule has 0 spiro atoms. The van der Waals surface area contributed by atoms with Crippen molar-refractivity contribution in [2.24, 2.45) is 0 Å². The third-order valence-electron chi connectivity index (χ3n) is 11.0. The Balaban J connectivity index is 0.000000583. The summed E-state index contributed by atoms with van der Waals surface area (Å²) in [5, 5.41) is 11.2. The number of fused-ring (bicyclic) bond motifs is 4. The van der Waals surface area contributed by atoms with Crippen LogP contribution >= 0.6 is 24.8 Å². The third-order valence-corrected chi connectivity index (χ3v) is 22.3. The van der Waals surface area contributed by atoms with Gasteiger partial charge in [0, 0.05) is 0 Å². The monoisotopic (exact) mass is 761 g/mol. The molecule has 2 aliphatic rings. The number of halogens is 2. The SMILES string of the molecule is CCCCCC.C[SiH2][Ti]([C]1=c2ccccc2=CC1(C)c1cccc2ccccc12)[C]1=c2ccccc2=CC1(C)c1cccc2ccccc12.Cl.Cl. The molecule has 2 atom stereocenters. The standard InChI is InChI=1S/2C20H15.C6H14.CH5Si.2ClH.Ti/c2*1-20(13-16-8-2-3-9-17(16)14-20)19-12-6-10-15-7-4-5-11-18(15)19;1-3-5-6-4-2;1-2;;;/h2*2-13H,1H3;3-6H2,1-2H3;2H2,1H3;2*1H;. The molecule has 6 aromatic rings. The number of hydrogen-bond donors (Lipinski definition) is 0. The quantitative estimate of drug-likeness (QED) is 0.107. The van der Waals surface area contributed by atoms with Crippen LogP contribution in [-0.4, -0.2) is 7.39 Å². The Bertz CT molecular complexity index is 2240. The fourth-order valence-electron chi connectivity index (χ4n) is 8.74.